The van der Waals surface area contributed by atoms with Crippen molar-refractivity contribution < 1.29 is 4.42 Å². The van der Waals surface area contributed by atoms with Crippen LogP contribution in [-0.2, 0) is 6.42 Å². The zero-order chi connectivity index (χ0) is 11.9. The molecule has 4 nitrogen and oxygen atoms in total. The molecule has 0 unspecified atom stereocenters. The van der Waals surface area contributed by atoms with Gasteiger partial charge in [-0.2, -0.15) is 0 Å². The number of benzene rings is 1. The molecule has 0 amide bonds. The molecule has 0 saturated heterocycles. The molecule has 90 valence electrons. The second-order valence-corrected chi connectivity index (χ2v) is 5.05. The Labute approximate surface area is 99.0 Å². The predicted octanol–water partition coefficient (Wildman–Crippen LogP) is 1.66. The number of hydrogen-bond donors (Lipinski definition) is 2. The molecule has 0 atom stereocenters. The van der Waals surface area contributed by atoms with E-state index in [0.717, 1.165) is 18.5 Å². The summed E-state index contributed by atoms with van der Waals surface area (Å²) in [5.41, 5.74) is 3.14. The number of H-pyrrole nitrogens is 1. The average Bonchev–Trinajstić information content (AvgIpc) is 2.91. The van der Waals surface area contributed by atoms with Crippen LogP contribution in [0.15, 0.2) is 27.4 Å². The fourth-order valence-corrected chi connectivity index (χ4v) is 2.51. The minimum atomic E-state index is -0.381. The molecule has 1 fully saturated rings. The van der Waals surface area contributed by atoms with Crippen LogP contribution in [0.25, 0.3) is 11.1 Å². The summed E-state index contributed by atoms with van der Waals surface area (Å²) in [6.07, 6.45) is 3.64. The smallest absolute Gasteiger partial charge is 0.408 e. The molecule has 2 aromatic rings. The van der Waals surface area contributed by atoms with E-state index in [2.05, 4.69) is 16.4 Å². The molecular formula is C13H16N2O2. The molecule has 0 aliphatic heterocycles. The first-order valence-electron chi connectivity index (χ1n) is 5.97. The van der Waals surface area contributed by atoms with Crippen LogP contribution in [-0.4, -0.2) is 18.6 Å². The van der Waals surface area contributed by atoms with E-state index >= 15 is 0 Å². The highest BCUT2D eigenvalue weighted by atomic mass is 16.4. The molecule has 17 heavy (non-hydrogen) atoms. The lowest BCUT2D eigenvalue weighted by atomic mass is 9.96. The third-order valence-electron chi connectivity index (χ3n) is 3.57. The van der Waals surface area contributed by atoms with Crippen molar-refractivity contribution in [3.63, 3.8) is 0 Å². The van der Waals surface area contributed by atoms with Crippen LogP contribution in [0.2, 0.25) is 0 Å². The lowest BCUT2D eigenvalue weighted by Crippen LogP contribution is -2.21. The Morgan fingerprint density at radius 3 is 3.00 bits per heavy atom. The normalized spacial score (nSPS) is 17.5. The Morgan fingerprint density at radius 1 is 1.47 bits per heavy atom. The van der Waals surface area contributed by atoms with Crippen LogP contribution in [0.1, 0.15) is 18.4 Å². The van der Waals surface area contributed by atoms with E-state index < -0.39 is 0 Å². The quantitative estimate of drug-likeness (QED) is 0.843. The van der Waals surface area contributed by atoms with Crippen molar-refractivity contribution in [2.45, 2.75) is 19.3 Å². The van der Waals surface area contributed by atoms with Gasteiger partial charge in [0.2, 0.25) is 0 Å². The lowest BCUT2D eigenvalue weighted by molar-refractivity contribution is 0.478. The molecular weight excluding hydrogens is 216 g/mol. The maximum absolute atomic E-state index is 11.1. The van der Waals surface area contributed by atoms with Gasteiger partial charge in [0.05, 0.1) is 5.52 Å². The van der Waals surface area contributed by atoms with Crippen molar-refractivity contribution in [1.29, 1.82) is 0 Å². The monoisotopic (exact) mass is 232 g/mol. The summed E-state index contributed by atoms with van der Waals surface area (Å²) in [4.78, 5) is 13.8. The van der Waals surface area contributed by atoms with Gasteiger partial charge in [0.1, 0.15) is 0 Å². The number of fused-ring (bicyclic) bond motifs is 1. The summed E-state index contributed by atoms with van der Waals surface area (Å²) < 4.78 is 4.99. The van der Waals surface area contributed by atoms with Crippen molar-refractivity contribution >= 4 is 11.1 Å². The van der Waals surface area contributed by atoms with Gasteiger partial charge in [0, 0.05) is 6.54 Å². The highest BCUT2D eigenvalue weighted by Gasteiger charge is 2.41. The van der Waals surface area contributed by atoms with E-state index in [4.69, 9.17) is 4.42 Å². The van der Waals surface area contributed by atoms with Gasteiger partial charge < -0.3 is 9.73 Å². The predicted molar refractivity (Wildman–Crippen MR) is 66.1 cm³/mol. The zero-order valence-electron chi connectivity index (χ0n) is 9.88. The molecule has 1 saturated carbocycles. The number of oxazole rings is 1. The van der Waals surface area contributed by atoms with Crippen molar-refractivity contribution in [3.05, 3.63) is 34.3 Å². The number of rotatable bonds is 4. The minimum absolute atomic E-state index is 0.381. The van der Waals surface area contributed by atoms with E-state index in [9.17, 15) is 4.79 Å². The van der Waals surface area contributed by atoms with Crippen LogP contribution in [0.3, 0.4) is 0 Å². The maximum Gasteiger partial charge on any atom is 0.417 e. The Kier molecular flexibility index (Phi) is 2.33. The van der Waals surface area contributed by atoms with E-state index in [1.54, 1.807) is 0 Å². The second-order valence-electron chi connectivity index (χ2n) is 5.05. The highest BCUT2D eigenvalue weighted by molar-refractivity contribution is 5.72. The summed E-state index contributed by atoms with van der Waals surface area (Å²) in [7, 11) is 2.00. The molecule has 2 N–H and O–H groups in total. The number of aromatic amines is 1. The second kappa shape index (κ2) is 3.74. The van der Waals surface area contributed by atoms with E-state index in [1.165, 1.54) is 18.4 Å². The molecule has 1 aliphatic rings. The zero-order valence-corrected chi connectivity index (χ0v) is 9.88. The van der Waals surface area contributed by atoms with Gasteiger partial charge in [-0.05, 0) is 49.4 Å². The Balaban J connectivity index is 1.88. The van der Waals surface area contributed by atoms with Crippen LogP contribution in [0.4, 0.5) is 0 Å². The molecule has 4 heteroatoms. The average molecular weight is 232 g/mol. The van der Waals surface area contributed by atoms with Gasteiger partial charge in [0.15, 0.2) is 5.58 Å². The van der Waals surface area contributed by atoms with Crippen LogP contribution in [0.5, 0.6) is 0 Å². The summed E-state index contributed by atoms with van der Waals surface area (Å²) in [5.74, 6) is -0.381. The third kappa shape index (κ3) is 2.00. The van der Waals surface area contributed by atoms with Gasteiger partial charge in [-0.15, -0.1) is 0 Å². The van der Waals surface area contributed by atoms with Gasteiger partial charge in [-0.1, -0.05) is 6.07 Å². The summed E-state index contributed by atoms with van der Waals surface area (Å²) in [6.45, 7) is 1.06. The Hall–Kier alpha value is -1.55. The summed E-state index contributed by atoms with van der Waals surface area (Å²) in [6, 6.07) is 5.95. The third-order valence-corrected chi connectivity index (χ3v) is 3.57. The van der Waals surface area contributed by atoms with Crippen LogP contribution < -0.4 is 11.1 Å². The molecule has 1 aromatic carbocycles. The first-order valence-corrected chi connectivity index (χ1v) is 5.97. The van der Waals surface area contributed by atoms with Crippen LogP contribution >= 0.6 is 0 Å². The molecule has 1 heterocycles. The first-order chi connectivity index (χ1) is 8.21. The fraction of sp³-hybridized carbons (Fsp3) is 0.462. The number of hydrogen-bond acceptors (Lipinski definition) is 3. The molecule has 3 rings (SSSR count). The number of nitrogens with one attached hydrogen (secondary N) is 2. The molecule has 0 spiro atoms. The summed E-state index contributed by atoms with van der Waals surface area (Å²) in [5, 5.41) is 3.26. The topological polar surface area (TPSA) is 58.0 Å². The van der Waals surface area contributed by atoms with Crippen molar-refractivity contribution in [3.8, 4) is 0 Å². The highest BCUT2D eigenvalue weighted by Crippen LogP contribution is 2.47. The first kappa shape index (κ1) is 10.6. The van der Waals surface area contributed by atoms with E-state index in [0.29, 0.717) is 11.0 Å². The Morgan fingerprint density at radius 2 is 2.29 bits per heavy atom. The van der Waals surface area contributed by atoms with Crippen LogP contribution in [0, 0.1) is 5.41 Å². The largest absolute Gasteiger partial charge is 0.417 e. The fourth-order valence-electron chi connectivity index (χ4n) is 2.51. The maximum atomic E-state index is 11.1. The van der Waals surface area contributed by atoms with Gasteiger partial charge in [-0.3, -0.25) is 4.98 Å². The minimum Gasteiger partial charge on any atom is -0.408 e. The van der Waals surface area contributed by atoms with Gasteiger partial charge >= 0.3 is 5.76 Å². The molecule has 1 aliphatic carbocycles. The van der Waals surface area contributed by atoms with Crippen molar-refractivity contribution in [2.75, 3.05) is 13.6 Å². The standard InChI is InChI=1S/C13H16N2O2/c1-14-8-13(4-5-13)7-9-2-3-11-10(6-9)15-12(16)17-11/h2-3,6,14H,4-5,7-8H2,1H3,(H,15,16). The van der Waals surface area contributed by atoms with Crippen molar-refractivity contribution in [1.82, 2.24) is 10.3 Å². The number of aromatic nitrogens is 1. The Bertz CT molecular complexity index is 593. The summed E-state index contributed by atoms with van der Waals surface area (Å²) >= 11 is 0. The van der Waals surface area contributed by atoms with Gasteiger partial charge in [-0.25, -0.2) is 4.79 Å². The molecule has 0 radical (unpaired) electrons. The SMILES string of the molecule is CNCC1(Cc2ccc3oc(=O)[nH]c3c2)CC1. The molecule has 0 bridgehead atoms. The molecule has 1 aromatic heterocycles. The van der Waals surface area contributed by atoms with E-state index in [1.807, 2.05) is 19.2 Å². The van der Waals surface area contributed by atoms with Crippen molar-refractivity contribution in [2.24, 2.45) is 5.41 Å². The van der Waals surface area contributed by atoms with E-state index in [-0.39, 0.29) is 5.76 Å². The van der Waals surface area contributed by atoms with Gasteiger partial charge in [0.25, 0.3) is 0 Å². The lowest BCUT2D eigenvalue weighted by Gasteiger charge is -2.14.